The van der Waals surface area contributed by atoms with E-state index < -0.39 is 0 Å². The number of hydrogen-bond donors (Lipinski definition) is 1. The first-order chi connectivity index (χ1) is 12.2. The van der Waals surface area contributed by atoms with E-state index in [-0.39, 0.29) is 30.9 Å². The van der Waals surface area contributed by atoms with E-state index in [2.05, 4.69) is 40.0 Å². The van der Waals surface area contributed by atoms with Gasteiger partial charge in [-0.05, 0) is 31.4 Å². The van der Waals surface area contributed by atoms with E-state index >= 15 is 0 Å². The normalized spacial score (nSPS) is 22.2. The second kappa shape index (κ2) is 9.58. The van der Waals surface area contributed by atoms with Crippen molar-refractivity contribution >= 4 is 30.6 Å². The summed E-state index contributed by atoms with van der Waals surface area (Å²) in [6.07, 6.45) is 6.10. The van der Waals surface area contributed by atoms with Gasteiger partial charge in [0, 0.05) is 49.7 Å². The first-order valence-corrected chi connectivity index (χ1v) is 9.24. The number of nitrogens with two attached hydrogens (primary N) is 1. The van der Waals surface area contributed by atoms with Crippen LogP contribution in [0.4, 0.5) is 5.82 Å². The molecular weight excluding hydrogens is 383 g/mol. The Kier molecular flexibility index (Phi) is 7.71. The molecule has 2 fully saturated rings. The molecule has 1 aromatic carbocycles. The van der Waals surface area contributed by atoms with Crippen LogP contribution in [0, 0.1) is 6.92 Å². The highest BCUT2D eigenvalue weighted by Crippen LogP contribution is 2.35. The molecule has 1 aliphatic carbocycles. The Morgan fingerprint density at radius 3 is 2.44 bits per heavy atom. The molecule has 1 aromatic heterocycles. The molecule has 27 heavy (non-hydrogen) atoms. The molecule has 2 aliphatic rings. The number of nitrogens with zero attached hydrogens (tertiary/aromatic N) is 3. The Bertz CT molecular complexity index is 731. The van der Waals surface area contributed by atoms with Gasteiger partial charge in [-0.3, -0.25) is 0 Å². The number of aromatic nitrogens is 2. The number of rotatable bonds is 4. The molecule has 0 radical (unpaired) electrons. The second-order valence-electron chi connectivity index (χ2n) is 7.30. The van der Waals surface area contributed by atoms with Crippen LogP contribution in [0.15, 0.2) is 36.7 Å². The van der Waals surface area contributed by atoms with E-state index in [1.807, 2.05) is 12.1 Å². The summed E-state index contributed by atoms with van der Waals surface area (Å²) in [6, 6.07) is 10.7. The lowest BCUT2D eigenvalue weighted by molar-refractivity contribution is 0.169. The average molecular weight is 411 g/mol. The van der Waals surface area contributed by atoms with Crippen molar-refractivity contribution in [1.29, 1.82) is 0 Å². The summed E-state index contributed by atoms with van der Waals surface area (Å²) in [7, 11) is 0. The van der Waals surface area contributed by atoms with Crippen molar-refractivity contribution in [3.8, 4) is 5.75 Å². The first-order valence-electron chi connectivity index (χ1n) is 9.24. The molecule has 2 heterocycles. The van der Waals surface area contributed by atoms with Crippen LogP contribution in [0.2, 0.25) is 0 Å². The van der Waals surface area contributed by atoms with Gasteiger partial charge in [0.1, 0.15) is 24.0 Å². The third kappa shape index (κ3) is 5.03. The summed E-state index contributed by atoms with van der Waals surface area (Å²) in [6.45, 7) is 4.04. The molecule has 1 saturated heterocycles. The van der Waals surface area contributed by atoms with Crippen LogP contribution in [0.5, 0.6) is 5.75 Å². The van der Waals surface area contributed by atoms with E-state index in [4.69, 9.17) is 10.5 Å². The molecule has 0 spiro atoms. The van der Waals surface area contributed by atoms with Gasteiger partial charge in [0.15, 0.2) is 0 Å². The van der Waals surface area contributed by atoms with E-state index in [0.717, 1.165) is 56.0 Å². The molecule has 2 N–H and O–H groups in total. The third-order valence-electron chi connectivity index (χ3n) is 5.42. The van der Waals surface area contributed by atoms with Gasteiger partial charge in [0.05, 0.1) is 0 Å². The predicted molar refractivity (Wildman–Crippen MR) is 114 cm³/mol. The summed E-state index contributed by atoms with van der Waals surface area (Å²) in [5.41, 5.74) is 8.25. The number of ether oxygens (including phenoxy) is 1. The fourth-order valence-corrected chi connectivity index (χ4v) is 3.73. The highest BCUT2D eigenvalue weighted by atomic mass is 35.5. The van der Waals surface area contributed by atoms with Gasteiger partial charge in [-0.15, -0.1) is 24.8 Å². The number of anilines is 1. The monoisotopic (exact) mass is 410 g/mol. The summed E-state index contributed by atoms with van der Waals surface area (Å²) in [4.78, 5) is 11.3. The van der Waals surface area contributed by atoms with Crippen molar-refractivity contribution in [3.63, 3.8) is 0 Å². The minimum Gasteiger partial charge on any atom is -0.490 e. The van der Waals surface area contributed by atoms with Gasteiger partial charge < -0.3 is 15.4 Å². The minimum absolute atomic E-state index is 0. The van der Waals surface area contributed by atoms with Crippen LogP contribution in [0.1, 0.15) is 42.9 Å². The number of aryl methyl sites for hydroxylation is 1. The lowest BCUT2D eigenvalue weighted by atomic mass is 9.78. The molecule has 1 saturated carbocycles. The maximum atomic E-state index is 6.20. The van der Waals surface area contributed by atoms with Crippen molar-refractivity contribution in [3.05, 3.63) is 47.9 Å². The Hall–Kier alpha value is -1.56. The second-order valence-corrected chi connectivity index (χ2v) is 7.30. The van der Waals surface area contributed by atoms with E-state index in [0.29, 0.717) is 12.0 Å². The number of hydrogen-bond acceptors (Lipinski definition) is 5. The maximum Gasteiger partial charge on any atom is 0.132 e. The smallest absolute Gasteiger partial charge is 0.132 e. The molecule has 0 atom stereocenters. The molecule has 0 bridgehead atoms. The van der Waals surface area contributed by atoms with Gasteiger partial charge in [0.25, 0.3) is 0 Å². The highest BCUT2D eigenvalue weighted by Gasteiger charge is 2.29. The van der Waals surface area contributed by atoms with Crippen LogP contribution in [0.25, 0.3) is 0 Å². The molecule has 0 unspecified atom stereocenters. The van der Waals surface area contributed by atoms with E-state index in [1.54, 1.807) is 6.33 Å². The minimum atomic E-state index is 0. The fraction of sp³-hybridized carbons (Fsp3) is 0.500. The fourth-order valence-electron chi connectivity index (χ4n) is 3.73. The predicted octanol–water partition coefficient (Wildman–Crippen LogP) is 3.88. The SMILES string of the molecule is Cc1ccccc1OC1CCN(c2cc(C3CC(N)C3)ncn2)CC1.Cl.Cl. The van der Waals surface area contributed by atoms with Gasteiger partial charge in [-0.1, -0.05) is 18.2 Å². The van der Waals surface area contributed by atoms with Crippen LogP contribution >= 0.6 is 24.8 Å². The van der Waals surface area contributed by atoms with Crippen molar-refractivity contribution in [2.24, 2.45) is 5.73 Å². The zero-order valence-corrected chi connectivity index (χ0v) is 17.2. The molecule has 148 valence electrons. The Balaban J connectivity index is 0.00000131. The standard InChI is InChI=1S/C20H26N4O.2ClH/c1-14-4-2-3-5-19(14)25-17-6-8-24(9-7-17)20-12-18(22-13-23-20)15-10-16(21)11-15;;/h2-5,12-13,15-17H,6-11,21H2,1H3;2*1H. The number of benzene rings is 1. The van der Waals surface area contributed by atoms with Gasteiger partial charge >= 0.3 is 0 Å². The zero-order valence-electron chi connectivity index (χ0n) is 15.6. The molecule has 2 aromatic rings. The van der Waals surface area contributed by atoms with E-state index in [9.17, 15) is 0 Å². The van der Waals surface area contributed by atoms with E-state index in [1.165, 1.54) is 5.56 Å². The first kappa shape index (κ1) is 21.7. The maximum absolute atomic E-state index is 6.20. The number of halogens is 2. The average Bonchev–Trinajstić information content (AvgIpc) is 2.62. The zero-order chi connectivity index (χ0) is 17.2. The number of piperidine rings is 1. The highest BCUT2D eigenvalue weighted by molar-refractivity contribution is 5.85. The molecule has 1 aliphatic heterocycles. The largest absolute Gasteiger partial charge is 0.490 e. The summed E-state index contributed by atoms with van der Waals surface area (Å²) in [5, 5.41) is 0. The van der Waals surface area contributed by atoms with Crippen LogP contribution < -0.4 is 15.4 Å². The third-order valence-corrected chi connectivity index (χ3v) is 5.42. The molecular formula is C20H28Cl2N4O. The van der Waals surface area contributed by atoms with Crippen molar-refractivity contribution in [1.82, 2.24) is 9.97 Å². The number of para-hydroxylation sites is 1. The molecule has 5 nitrogen and oxygen atoms in total. The Morgan fingerprint density at radius 1 is 1.07 bits per heavy atom. The lowest BCUT2D eigenvalue weighted by Crippen LogP contribution is -2.39. The van der Waals surface area contributed by atoms with Crippen LogP contribution in [-0.4, -0.2) is 35.2 Å². The lowest BCUT2D eigenvalue weighted by Gasteiger charge is -2.35. The molecule has 7 heteroatoms. The van der Waals surface area contributed by atoms with Gasteiger partial charge in [-0.25, -0.2) is 9.97 Å². The van der Waals surface area contributed by atoms with Gasteiger partial charge in [-0.2, -0.15) is 0 Å². The summed E-state index contributed by atoms with van der Waals surface area (Å²) >= 11 is 0. The van der Waals surface area contributed by atoms with Crippen LogP contribution in [-0.2, 0) is 0 Å². The Morgan fingerprint density at radius 2 is 1.78 bits per heavy atom. The summed E-state index contributed by atoms with van der Waals surface area (Å²) in [5.74, 6) is 2.56. The van der Waals surface area contributed by atoms with Crippen molar-refractivity contribution in [2.45, 2.75) is 50.7 Å². The topological polar surface area (TPSA) is 64.3 Å². The Labute approximate surface area is 173 Å². The van der Waals surface area contributed by atoms with Crippen molar-refractivity contribution in [2.75, 3.05) is 18.0 Å². The summed E-state index contributed by atoms with van der Waals surface area (Å²) < 4.78 is 6.20. The molecule has 0 amide bonds. The molecule has 4 rings (SSSR count). The van der Waals surface area contributed by atoms with Crippen molar-refractivity contribution < 1.29 is 4.74 Å². The van der Waals surface area contributed by atoms with Gasteiger partial charge in [0.2, 0.25) is 0 Å². The van der Waals surface area contributed by atoms with Crippen LogP contribution in [0.3, 0.4) is 0 Å². The quantitative estimate of drug-likeness (QED) is 0.827.